The number of hydrogen-bond donors (Lipinski definition) is 2. The van der Waals surface area contributed by atoms with Crippen LogP contribution >= 0.6 is 23.2 Å². The van der Waals surface area contributed by atoms with Crippen molar-refractivity contribution in [1.29, 1.82) is 0 Å². The molecule has 2 aliphatic heterocycles. The van der Waals surface area contributed by atoms with E-state index in [0.29, 0.717) is 38.1 Å². The number of rotatable bonds is 8. The van der Waals surface area contributed by atoms with Gasteiger partial charge in [-0.3, -0.25) is 9.58 Å². The molecule has 4 heterocycles. The van der Waals surface area contributed by atoms with Crippen LogP contribution in [0.25, 0.3) is 22.0 Å². The molecule has 8 nitrogen and oxygen atoms in total. The molecule has 11 heteroatoms. The molecule has 210 valence electrons. The molecule has 40 heavy (non-hydrogen) atoms. The Morgan fingerprint density at radius 1 is 1.18 bits per heavy atom. The first kappa shape index (κ1) is 27.2. The predicted molar refractivity (Wildman–Crippen MR) is 151 cm³/mol. The fourth-order valence-corrected chi connectivity index (χ4v) is 6.55. The number of carbonyl (C=O) groups is 1. The van der Waals surface area contributed by atoms with Gasteiger partial charge < -0.3 is 14.8 Å². The van der Waals surface area contributed by atoms with Crippen LogP contribution in [-0.2, 0) is 24.3 Å². The summed E-state index contributed by atoms with van der Waals surface area (Å²) in [5.41, 5.74) is 4.00. The fraction of sp³-hybridized carbons (Fsp3) is 0.414. The minimum atomic E-state index is -1.24. The molecular formula is C29H30Cl2FN5O3. The Hall–Kier alpha value is -2.98. The third kappa shape index (κ3) is 5.11. The van der Waals surface area contributed by atoms with Crippen molar-refractivity contribution in [1.82, 2.24) is 24.2 Å². The van der Waals surface area contributed by atoms with Crippen LogP contribution in [-0.4, -0.2) is 66.3 Å². The lowest BCUT2D eigenvalue weighted by Gasteiger charge is -2.31. The zero-order valence-electron chi connectivity index (χ0n) is 21.8. The minimum Gasteiger partial charge on any atom is -0.479 e. The van der Waals surface area contributed by atoms with Crippen molar-refractivity contribution in [2.24, 2.45) is 5.92 Å². The van der Waals surface area contributed by atoms with Crippen LogP contribution in [0.4, 0.5) is 4.39 Å². The number of carboxylic acids is 1. The number of nitrogens with zero attached hydrogens (tertiary/aromatic N) is 5. The molecule has 1 saturated heterocycles. The van der Waals surface area contributed by atoms with E-state index in [2.05, 4.69) is 27.1 Å². The molecule has 2 N–H and O–H groups in total. The van der Waals surface area contributed by atoms with Crippen molar-refractivity contribution < 1.29 is 19.4 Å². The molecule has 6 rings (SSSR count). The topological polar surface area (TPSA) is 96.4 Å². The van der Waals surface area contributed by atoms with E-state index < -0.39 is 18.2 Å². The second-order valence-electron chi connectivity index (χ2n) is 10.8. The number of carboxylic acid groups (broad SMARTS) is 1. The Morgan fingerprint density at radius 2 is 1.93 bits per heavy atom. The Morgan fingerprint density at radius 3 is 2.62 bits per heavy atom. The number of piperidine rings is 1. The number of imidazole rings is 1. The zero-order valence-corrected chi connectivity index (χ0v) is 23.3. The molecule has 2 atom stereocenters. The van der Waals surface area contributed by atoms with Crippen molar-refractivity contribution in [2.75, 3.05) is 19.7 Å². The minimum absolute atomic E-state index is 0.115. The SMILES string of the molecule is O=C(O)C(c1ncn2c1CC(F)C2)n1cc2c(Cl)cc(-c3ccc(CN4CCC(CCO)CC4)cc3)c(Cl)c2n1. The molecule has 0 aliphatic carbocycles. The van der Waals surface area contributed by atoms with Crippen LogP contribution < -0.4 is 0 Å². The molecule has 2 aliphatic rings. The van der Waals surface area contributed by atoms with Gasteiger partial charge in [-0.25, -0.2) is 14.2 Å². The average molecular weight is 586 g/mol. The second kappa shape index (κ2) is 11.1. The maximum absolute atomic E-state index is 14.0. The molecule has 0 radical (unpaired) electrons. The summed E-state index contributed by atoms with van der Waals surface area (Å²) in [5.74, 6) is -0.542. The highest BCUT2D eigenvalue weighted by Gasteiger charge is 2.34. The Labute approximate surface area is 240 Å². The van der Waals surface area contributed by atoms with E-state index in [-0.39, 0.29) is 25.3 Å². The summed E-state index contributed by atoms with van der Waals surface area (Å²) in [6.45, 7) is 3.35. The van der Waals surface area contributed by atoms with Gasteiger partial charge in [0.1, 0.15) is 11.7 Å². The smallest absolute Gasteiger partial charge is 0.334 e. The fourth-order valence-electron chi connectivity index (χ4n) is 6.00. The number of aliphatic hydroxyl groups excluding tert-OH is 1. The van der Waals surface area contributed by atoms with Gasteiger partial charge in [-0.05, 0) is 55.5 Å². The highest BCUT2D eigenvalue weighted by Crippen LogP contribution is 2.39. The number of fused-ring (bicyclic) bond motifs is 2. The lowest BCUT2D eigenvalue weighted by Crippen LogP contribution is -2.33. The summed E-state index contributed by atoms with van der Waals surface area (Å²) < 4.78 is 16.9. The van der Waals surface area contributed by atoms with E-state index in [9.17, 15) is 19.4 Å². The number of alkyl halides is 1. The Bertz CT molecular complexity index is 1550. The van der Waals surface area contributed by atoms with Crippen LogP contribution in [0.1, 0.15) is 42.3 Å². The summed E-state index contributed by atoms with van der Waals surface area (Å²) >= 11 is 13.5. The van der Waals surface area contributed by atoms with E-state index >= 15 is 0 Å². The third-order valence-corrected chi connectivity index (χ3v) is 8.86. The van der Waals surface area contributed by atoms with E-state index in [4.69, 9.17) is 23.2 Å². The maximum atomic E-state index is 14.0. The van der Waals surface area contributed by atoms with Gasteiger partial charge in [0, 0.05) is 42.4 Å². The monoisotopic (exact) mass is 585 g/mol. The first-order valence-electron chi connectivity index (χ1n) is 13.5. The molecule has 0 spiro atoms. The summed E-state index contributed by atoms with van der Waals surface area (Å²) in [7, 11) is 0. The van der Waals surface area contributed by atoms with E-state index in [1.807, 2.05) is 12.1 Å². The summed E-state index contributed by atoms with van der Waals surface area (Å²) in [4.78, 5) is 19.1. The summed E-state index contributed by atoms with van der Waals surface area (Å²) in [6.07, 6.45) is 5.20. The summed E-state index contributed by atoms with van der Waals surface area (Å²) in [6, 6.07) is 8.72. The van der Waals surface area contributed by atoms with Gasteiger partial charge in [0.2, 0.25) is 0 Å². The lowest BCUT2D eigenvalue weighted by atomic mass is 9.93. The number of likely N-dealkylation sites (tertiary alicyclic amines) is 1. The molecule has 0 saturated carbocycles. The number of aromatic nitrogens is 4. The van der Waals surface area contributed by atoms with Crippen LogP contribution in [0, 0.1) is 5.92 Å². The third-order valence-electron chi connectivity index (χ3n) is 8.17. The van der Waals surface area contributed by atoms with E-state index in [1.54, 1.807) is 16.8 Å². The van der Waals surface area contributed by atoms with Gasteiger partial charge in [0.15, 0.2) is 6.04 Å². The van der Waals surface area contributed by atoms with Gasteiger partial charge in [0.05, 0.1) is 28.6 Å². The van der Waals surface area contributed by atoms with Crippen LogP contribution in [0.3, 0.4) is 0 Å². The standard InChI is InChI=1S/C29H30Cl2FN5O3/c30-23-12-21(19-3-1-18(2-4-19)13-35-8-5-17(6-9-35)7-10-38)25(31)26-22(23)15-37(34-26)28(29(39)40)27-24-11-20(32)14-36(24)16-33-27/h1-4,12,15-17,20,28,38H,5-11,13-14H2,(H,39,40). The van der Waals surface area contributed by atoms with Gasteiger partial charge in [0.25, 0.3) is 0 Å². The second-order valence-corrected chi connectivity index (χ2v) is 11.6. The molecule has 1 fully saturated rings. The molecule has 2 aromatic carbocycles. The normalized spacial score (nSPS) is 18.9. The van der Waals surface area contributed by atoms with Gasteiger partial charge >= 0.3 is 5.97 Å². The van der Waals surface area contributed by atoms with Crippen LogP contribution in [0.2, 0.25) is 10.0 Å². The van der Waals surface area contributed by atoms with Crippen LogP contribution in [0.15, 0.2) is 42.9 Å². The molecule has 2 unspecified atom stereocenters. The van der Waals surface area contributed by atoms with E-state index in [0.717, 1.165) is 44.5 Å². The summed E-state index contributed by atoms with van der Waals surface area (Å²) in [5, 5.41) is 25.1. The predicted octanol–water partition coefficient (Wildman–Crippen LogP) is 5.37. The van der Waals surface area contributed by atoms with Gasteiger partial charge in [-0.1, -0.05) is 47.5 Å². The molecule has 0 bridgehead atoms. The Kier molecular flexibility index (Phi) is 7.56. The number of hydrogen-bond acceptors (Lipinski definition) is 5. The van der Waals surface area contributed by atoms with Crippen LogP contribution in [0.5, 0.6) is 0 Å². The lowest BCUT2D eigenvalue weighted by molar-refractivity contribution is -0.139. The number of benzene rings is 2. The highest BCUT2D eigenvalue weighted by molar-refractivity contribution is 6.42. The molecule has 4 aromatic rings. The van der Waals surface area contributed by atoms with Gasteiger partial charge in [-0.2, -0.15) is 5.10 Å². The highest BCUT2D eigenvalue weighted by atomic mass is 35.5. The molecule has 0 amide bonds. The van der Waals surface area contributed by atoms with Crippen molar-refractivity contribution in [3.8, 4) is 11.1 Å². The van der Waals surface area contributed by atoms with Crippen molar-refractivity contribution in [3.05, 3.63) is 69.9 Å². The zero-order chi connectivity index (χ0) is 28.0. The largest absolute Gasteiger partial charge is 0.479 e. The quantitative estimate of drug-likeness (QED) is 0.288. The molecular weight excluding hydrogens is 556 g/mol. The number of halogens is 3. The first-order chi connectivity index (χ1) is 19.3. The first-order valence-corrected chi connectivity index (χ1v) is 14.3. The molecule has 2 aromatic heterocycles. The van der Waals surface area contributed by atoms with E-state index in [1.165, 1.54) is 16.6 Å². The maximum Gasteiger partial charge on any atom is 0.334 e. The number of aliphatic hydroxyl groups is 1. The average Bonchev–Trinajstić information content (AvgIpc) is 3.64. The van der Waals surface area contributed by atoms with Gasteiger partial charge in [-0.15, -0.1) is 0 Å². The van der Waals surface area contributed by atoms with Crippen molar-refractivity contribution in [2.45, 2.75) is 51.0 Å². The Balaban J connectivity index is 1.26. The number of aliphatic carboxylic acids is 1. The van der Waals surface area contributed by atoms with Crippen molar-refractivity contribution in [3.63, 3.8) is 0 Å². The van der Waals surface area contributed by atoms with Crippen molar-refractivity contribution >= 4 is 40.1 Å².